The summed E-state index contributed by atoms with van der Waals surface area (Å²) in [6.45, 7) is 9.27. The monoisotopic (exact) mass is 418 g/mol. The molecule has 0 aromatic rings. The Kier molecular flexibility index (Phi) is 6.69. The maximum Gasteiger partial charge on any atom is 0.0650 e. The fourth-order valence-electron chi connectivity index (χ4n) is 9.06. The van der Waals surface area contributed by atoms with E-state index in [0.29, 0.717) is 10.8 Å². The lowest BCUT2D eigenvalue weighted by Gasteiger charge is -2.61. The van der Waals surface area contributed by atoms with E-state index in [9.17, 15) is 10.2 Å². The van der Waals surface area contributed by atoms with E-state index in [1.807, 2.05) is 13.8 Å². The zero-order valence-corrected chi connectivity index (χ0v) is 20.5. The molecule has 0 aromatic heterocycles. The number of aliphatic hydroxyl groups excluding tert-OH is 1. The SMILES string of the molecule is CC.CC12CCC(O)CC1CCC1C2CCC2(C)C1CC[C@@H]2CCCCC1(O)CC1. The fourth-order valence-corrected chi connectivity index (χ4v) is 9.06. The van der Waals surface area contributed by atoms with Gasteiger partial charge >= 0.3 is 0 Å². The summed E-state index contributed by atoms with van der Waals surface area (Å²) in [5.41, 5.74) is 0.859. The smallest absolute Gasteiger partial charge is 0.0650 e. The molecule has 2 nitrogen and oxygen atoms in total. The second kappa shape index (κ2) is 8.69. The van der Waals surface area contributed by atoms with Crippen molar-refractivity contribution in [1.29, 1.82) is 0 Å². The molecule has 174 valence electrons. The zero-order chi connectivity index (χ0) is 21.6. The molecule has 2 heteroatoms. The van der Waals surface area contributed by atoms with Crippen molar-refractivity contribution in [1.82, 2.24) is 0 Å². The van der Waals surface area contributed by atoms with Crippen molar-refractivity contribution in [3.05, 3.63) is 0 Å². The third-order valence-electron chi connectivity index (χ3n) is 11.1. The average molecular weight is 419 g/mol. The highest BCUT2D eigenvalue weighted by Gasteiger charge is 2.59. The molecule has 5 fully saturated rings. The average Bonchev–Trinajstić information content (AvgIpc) is 3.37. The van der Waals surface area contributed by atoms with Gasteiger partial charge in [-0.05, 0) is 124 Å². The highest BCUT2D eigenvalue weighted by atomic mass is 16.3. The molecule has 2 N–H and O–H groups in total. The van der Waals surface area contributed by atoms with Gasteiger partial charge in [-0.25, -0.2) is 0 Å². The predicted molar refractivity (Wildman–Crippen MR) is 125 cm³/mol. The molecule has 0 bridgehead atoms. The third kappa shape index (κ3) is 4.02. The van der Waals surface area contributed by atoms with Gasteiger partial charge in [-0.15, -0.1) is 0 Å². The number of fused-ring (bicyclic) bond motifs is 5. The summed E-state index contributed by atoms with van der Waals surface area (Å²) < 4.78 is 0. The minimum Gasteiger partial charge on any atom is -0.393 e. The van der Waals surface area contributed by atoms with Crippen molar-refractivity contribution in [2.24, 2.45) is 40.4 Å². The Labute approximate surface area is 186 Å². The lowest BCUT2D eigenvalue weighted by molar-refractivity contribution is -0.127. The van der Waals surface area contributed by atoms with E-state index < -0.39 is 0 Å². The summed E-state index contributed by atoms with van der Waals surface area (Å²) in [5, 5.41) is 20.3. The Morgan fingerprint density at radius 2 is 1.47 bits per heavy atom. The van der Waals surface area contributed by atoms with Gasteiger partial charge in [0.1, 0.15) is 0 Å². The molecule has 0 heterocycles. The topological polar surface area (TPSA) is 40.5 Å². The quantitative estimate of drug-likeness (QED) is 0.467. The Morgan fingerprint density at radius 3 is 2.20 bits per heavy atom. The molecule has 0 amide bonds. The highest BCUT2D eigenvalue weighted by Crippen LogP contribution is 2.67. The number of rotatable bonds is 5. The minimum absolute atomic E-state index is 0.0203. The number of unbranched alkanes of at least 4 members (excludes halogenated alkanes) is 1. The standard InChI is InChI=1S/C26H44O2.C2H6/c1-24-14-11-23-21(8-6-19-17-20(27)10-13-25(19,23)2)22(24)9-7-18(24)5-3-4-12-26(28)15-16-26;1-2/h18-23,27-28H,3-17H2,1-2H3;1-2H3/t18-,19?,20?,21?,22?,23?,24?,25?;/m0./s1. The Morgan fingerprint density at radius 1 is 0.767 bits per heavy atom. The lowest BCUT2D eigenvalue weighted by Crippen LogP contribution is -2.53. The minimum atomic E-state index is -0.248. The van der Waals surface area contributed by atoms with Crippen LogP contribution in [0.4, 0.5) is 0 Å². The van der Waals surface area contributed by atoms with Crippen LogP contribution in [-0.4, -0.2) is 21.9 Å². The molecule has 5 rings (SSSR count). The van der Waals surface area contributed by atoms with Gasteiger partial charge in [-0.2, -0.15) is 0 Å². The van der Waals surface area contributed by atoms with E-state index in [2.05, 4.69) is 13.8 Å². The van der Waals surface area contributed by atoms with E-state index in [-0.39, 0.29) is 11.7 Å². The van der Waals surface area contributed by atoms with Crippen LogP contribution in [0.5, 0.6) is 0 Å². The van der Waals surface area contributed by atoms with Crippen LogP contribution in [0.25, 0.3) is 0 Å². The predicted octanol–water partition coefficient (Wildman–Crippen LogP) is 7.12. The number of hydrogen-bond acceptors (Lipinski definition) is 2. The van der Waals surface area contributed by atoms with E-state index in [1.165, 1.54) is 64.2 Å². The second-order valence-corrected chi connectivity index (χ2v) is 12.4. The summed E-state index contributed by atoms with van der Waals surface area (Å²) in [4.78, 5) is 0. The normalized spacial score (nSPS) is 48.6. The van der Waals surface area contributed by atoms with Gasteiger partial charge in [0.15, 0.2) is 0 Å². The molecule has 5 aliphatic rings. The van der Waals surface area contributed by atoms with Crippen molar-refractivity contribution in [2.45, 2.75) is 136 Å². The molecule has 30 heavy (non-hydrogen) atoms. The first-order chi connectivity index (χ1) is 14.3. The van der Waals surface area contributed by atoms with Crippen LogP contribution in [0, 0.1) is 40.4 Å². The molecule has 0 spiro atoms. The van der Waals surface area contributed by atoms with Crippen molar-refractivity contribution in [3.63, 3.8) is 0 Å². The van der Waals surface area contributed by atoms with Crippen molar-refractivity contribution < 1.29 is 10.2 Å². The van der Waals surface area contributed by atoms with Gasteiger partial charge in [-0.1, -0.05) is 40.5 Å². The zero-order valence-electron chi connectivity index (χ0n) is 20.5. The Balaban J connectivity index is 0.00000106. The summed E-state index contributed by atoms with van der Waals surface area (Å²) in [6.07, 6.45) is 19.2. The first-order valence-electron chi connectivity index (χ1n) is 13.7. The number of aliphatic hydroxyl groups is 2. The molecule has 0 aromatic carbocycles. The van der Waals surface area contributed by atoms with E-state index in [1.54, 1.807) is 0 Å². The molecule has 0 radical (unpaired) electrons. The summed E-state index contributed by atoms with van der Waals surface area (Å²) >= 11 is 0. The van der Waals surface area contributed by atoms with Crippen molar-refractivity contribution >= 4 is 0 Å². The number of hydrogen-bond donors (Lipinski definition) is 2. The summed E-state index contributed by atoms with van der Waals surface area (Å²) in [7, 11) is 0. The molecule has 0 saturated heterocycles. The van der Waals surface area contributed by atoms with Crippen LogP contribution in [0.2, 0.25) is 0 Å². The van der Waals surface area contributed by atoms with Gasteiger partial charge in [0.2, 0.25) is 0 Å². The Hall–Kier alpha value is -0.0800. The third-order valence-corrected chi connectivity index (χ3v) is 11.1. The fraction of sp³-hybridized carbons (Fsp3) is 1.00. The maximum absolute atomic E-state index is 10.2. The van der Waals surface area contributed by atoms with Gasteiger partial charge in [0, 0.05) is 0 Å². The molecule has 5 aliphatic carbocycles. The Bertz CT molecular complexity index is 583. The molecular formula is C28H50O2. The van der Waals surface area contributed by atoms with Gasteiger partial charge < -0.3 is 10.2 Å². The molecule has 0 aliphatic heterocycles. The molecule has 5 saturated carbocycles. The maximum atomic E-state index is 10.2. The van der Waals surface area contributed by atoms with Crippen LogP contribution in [-0.2, 0) is 0 Å². The van der Waals surface area contributed by atoms with Gasteiger partial charge in [0.25, 0.3) is 0 Å². The van der Waals surface area contributed by atoms with Crippen LogP contribution in [0.15, 0.2) is 0 Å². The molecular weight excluding hydrogens is 368 g/mol. The lowest BCUT2D eigenvalue weighted by atomic mass is 9.44. The highest BCUT2D eigenvalue weighted by molar-refractivity contribution is 5.09. The van der Waals surface area contributed by atoms with Gasteiger partial charge in [0.05, 0.1) is 11.7 Å². The summed E-state index contributed by atoms with van der Waals surface area (Å²) in [6, 6.07) is 0. The van der Waals surface area contributed by atoms with E-state index >= 15 is 0 Å². The second-order valence-electron chi connectivity index (χ2n) is 12.4. The van der Waals surface area contributed by atoms with Crippen LogP contribution in [0.1, 0.15) is 124 Å². The van der Waals surface area contributed by atoms with Crippen molar-refractivity contribution in [2.75, 3.05) is 0 Å². The first-order valence-corrected chi connectivity index (χ1v) is 13.7. The van der Waals surface area contributed by atoms with Crippen molar-refractivity contribution in [3.8, 4) is 0 Å². The van der Waals surface area contributed by atoms with E-state index in [4.69, 9.17) is 0 Å². The van der Waals surface area contributed by atoms with Crippen LogP contribution in [0.3, 0.4) is 0 Å². The van der Waals surface area contributed by atoms with Crippen LogP contribution >= 0.6 is 0 Å². The molecule has 7 unspecified atom stereocenters. The van der Waals surface area contributed by atoms with Crippen LogP contribution < -0.4 is 0 Å². The van der Waals surface area contributed by atoms with E-state index in [0.717, 1.165) is 61.7 Å². The largest absolute Gasteiger partial charge is 0.393 e. The summed E-state index contributed by atoms with van der Waals surface area (Å²) in [5.74, 6) is 4.58. The first kappa shape index (κ1) is 23.1. The van der Waals surface area contributed by atoms with Gasteiger partial charge in [-0.3, -0.25) is 0 Å². The molecule has 8 atom stereocenters.